The molecule has 3 aromatic heterocycles. The maximum absolute atomic E-state index is 13.5. The molecule has 0 amide bonds. The van der Waals surface area contributed by atoms with Crippen LogP contribution in [0.2, 0.25) is 0 Å². The summed E-state index contributed by atoms with van der Waals surface area (Å²) in [6.45, 7) is 11.1. The number of hydrogen-bond acceptors (Lipinski definition) is 8. The zero-order chi connectivity index (χ0) is 36.3. The second-order valence-corrected chi connectivity index (χ2v) is 12.1. The van der Waals surface area contributed by atoms with Gasteiger partial charge in [0.25, 0.3) is 11.1 Å². The number of carbonyl (C=O) groups excluding carboxylic acids is 2. The molecule has 0 aliphatic rings. The number of rotatable bonds is 8. The van der Waals surface area contributed by atoms with Crippen molar-refractivity contribution in [2.45, 2.75) is 61.1 Å². The molecule has 0 aliphatic carbocycles. The van der Waals surface area contributed by atoms with Gasteiger partial charge in [-0.3, -0.25) is 33.7 Å². The molecule has 3 N–H and O–H groups in total. The van der Waals surface area contributed by atoms with Gasteiger partial charge in [-0.15, -0.1) is 5.10 Å². The summed E-state index contributed by atoms with van der Waals surface area (Å²) in [5.41, 5.74) is 4.41. The van der Waals surface area contributed by atoms with Crippen molar-refractivity contribution < 1.29 is 9.59 Å². The highest BCUT2D eigenvalue weighted by Crippen LogP contribution is 2.17. The van der Waals surface area contributed by atoms with Gasteiger partial charge in [0.1, 0.15) is 17.9 Å². The van der Waals surface area contributed by atoms with Gasteiger partial charge in [-0.2, -0.15) is 0 Å². The van der Waals surface area contributed by atoms with Crippen LogP contribution >= 0.6 is 0 Å². The molecule has 3 heterocycles. The topological polar surface area (TPSA) is 185 Å². The smallest absolute Gasteiger partial charge is 0.304 e. The SMILES string of the molecule is CCc1c(C(=O)c2cc(C)cc(C)c2)[nH]c(=O)[nH]c1=O.CCc1c(C(=O)c2cc(C)cc(C)c2)n(Cn2nnc3ccccc32)c(=O)[nH]c1=O. The summed E-state index contributed by atoms with van der Waals surface area (Å²) in [5, 5.41) is 8.22. The van der Waals surface area contributed by atoms with Gasteiger partial charge in [0.05, 0.1) is 11.2 Å². The number of fused-ring (bicyclic) bond motifs is 1. The quantitative estimate of drug-likeness (QED) is 0.204. The first-order valence-electron chi connectivity index (χ1n) is 16.1. The van der Waals surface area contributed by atoms with Crippen LogP contribution in [0.3, 0.4) is 0 Å². The maximum atomic E-state index is 13.5. The first-order chi connectivity index (χ1) is 23.8. The zero-order valence-corrected chi connectivity index (χ0v) is 28.6. The van der Waals surface area contributed by atoms with E-state index in [1.165, 1.54) is 9.25 Å². The minimum atomic E-state index is -0.667. The third-order valence-corrected chi connectivity index (χ3v) is 8.15. The van der Waals surface area contributed by atoms with Crippen LogP contribution < -0.4 is 22.5 Å². The summed E-state index contributed by atoms with van der Waals surface area (Å²) < 4.78 is 2.80. The Balaban J connectivity index is 0.000000211. The number of para-hydroxylation sites is 1. The van der Waals surface area contributed by atoms with E-state index in [9.17, 15) is 28.8 Å². The van der Waals surface area contributed by atoms with Crippen LogP contribution in [0.1, 0.15) is 79.3 Å². The number of ketones is 2. The van der Waals surface area contributed by atoms with Crippen molar-refractivity contribution in [1.82, 2.24) is 34.5 Å². The lowest BCUT2D eigenvalue weighted by molar-refractivity contribution is 0.102. The molecule has 256 valence electrons. The number of nitrogens with one attached hydrogen (secondary N) is 3. The van der Waals surface area contributed by atoms with Gasteiger partial charge in [0.15, 0.2) is 0 Å². The van der Waals surface area contributed by atoms with Crippen molar-refractivity contribution in [3.05, 3.63) is 158 Å². The lowest BCUT2D eigenvalue weighted by Gasteiger charge is -2.15. The lowest BCUT2D eigenvalue weighted by Crippen LogP contribution is -2.38. The predicted molar refractivity (Wildman–Crippen MR) is 189 cm³/mol. The van der Waals surface area contributed by atoms with Gasteiger partial charge in [-0.1, -0.05) is 65.6 Å². The molecule has 0 radical (unpaired) electrons. The average Bonchev–Trinajstić information content (AvgIpc) is 3.47. The van der Waals surface area contributed by atoms with Crippen LogP contribution in [0.4, 0.5) is 0 Å². The molecule has 0 spiro atoms. The third-order valence-electron chi connectivity index (χ3n) is 8.15. The van der Waals surface area contributed by atoms with E-state index in [0.717, 1.165) is 27.8 Å². The number of H-pyrrole nitrogens is 3. The fourth-order valence-corrected chi connectivity index (χ4v) is 6.03. The highest BCUT2D eigenvalue weighted by Gasteiger charge is 2.23. The summed E-state index contributed by atoms with van der Waals surface area (Å²) in [4.78, 5) is 81.3. The Labute approximate surface area is 285 Å². The normalized spacial score (nSPS) is 10.9. The van der Waals surface area contributed by atoms with Crippen molar-refractivity contribution in [2.24, 2.45) is 0 Å². The molecule has 3 aromatic carbocycles. The van der Waals surface area contributed by atoms with E-state index in [1.807, 2.05) is 64.1 Å². The van der Waals surface area contributed by atoms with Gasteiger partial charge < -0.3 is 4.98 Å². The summed E-state index contributed by atoms with van der Waals surface area (Å²) >= 11 is 0. The van der Waals surface area contributed by atoms with Crippen LogP contribution in [0.15, 0.2) is 79.8 Å². The summed E-state index contributed by atoms with van der Waals surface area (Å²) in [7, 11) is 0. The molecule has 0 bridgehead atoms. The Morgan fingerprint density at radius 1 is 0.680 bits per heavy atom. The number of carbonyl (C=O) groups is 2. The first-order valence-corrected chi connectivity index (χ1v) is 16.1. The number of nitrogens with zero attached hydrogens (tertiary/aromatic N) is 4. The van der Waals surface area contributed by atoms with Crippen molar-refractivity contribution in [2.75, 3.05) is 0 Å². The van der Waals surface area contributed by atoms with Crippen molar-refractivity contribution in [1.29, 1.82) is 0 Å². The predicted octanol–water partition coefficient (Wildman–Crippen LogP) is 3.67. The average molecular weight is 676 g/mol. The molecule has 0 aliphatic heterocycles. The van der Waals surface area contributed by atoms with E-state index in [-0.39, 0.29) is 35.2 Å². The standard InChI is InChI=1S/C22H21N5O3.C15H16N2O3/c1-4-16-19(20(28)15-10-13(2)9-14(3)11-15)26(22(30)23-21(16)29)12-27-18-8-6-5-7-17(18)24-25-27;1-4-11-12(16-15(20)17-14(11)19)13(18)10-6-8(2)5-9(3)7-10/h5-11H,4,12H2,1-3H3,(H,23,29,30);5-7H,4H2,1-3H3,(H2,16,17,19,20). The van der Waals surface area contributed by atoms with Crippen molar-refractivity contribution >= 4 is 22.6 Å². The second kappa shape index (κ2) is 14.5. The van der Waals surface area contributed by atoms with Gasteiger partial charge in [-0.05, 0) is 76.9 Å². The monoisotopic (exact) mass is 675 g/mol. The van der Waals surface area contributed by atoms with Gasteiger partial charge in [-0.25, -0.2) is 14.3 Å². The first kappa shape index (κ1) is 35.1. The molecule has 0 unspecified atom stereocenters. The van der Waals surface area contributed by atoms with Crippen molar-refractivity contribution in [3.63, 3.8) is 0 Å². The van der Waals surface area contributed by atoms with Gasteiger partial charge >= 0.3 is 11.4 Å². The summed E-state index contributed by atoms with van der Waals surface area (Å²) in [5.74, 6) is -0.705. The Hall–Kier alpha value is -6.24. The Morgan fingerprint density at radius 3 is 1.80 bits per heavy atom. The molecule has 6 rings (SSSR count). The molecule has 0 fully saturated rings. The van der Waals surface area contributed by atoms with E-state index < -0.39 is 22.5 Å². The molecule has 13 nitrogen and oxygen atoms in total. The van der Waals surface area contributed by atoms with Crippen molar-refractivity contribution in [3.8, 4) is 0 Å². The largest absolute Gasteiger partial charge is 0.330 e. The summed E-state index contributed by atoms with van der Waals surface area (Å²) in [6, 6.07) is 18.3. The number of aryl methyl sites for hydroxylation is 4. The molecule has 50 heavy (non-hydrogen) atoms. The van der Waals surface area contributed by atoms with Crippen LogP contribution in [0, 0.1) is 27.7 Å². The molecule has 0 atom stereocenters. The zero-order valence-electron chi connectivity index (χ0n) is 28.6. The molecular weight excluding hydrogens is 638 g/mol. The second-order valence-electron chi connectivity index (χ2n) is 12.1. The summed E-state index contributed by atoms with van der Waals surface area (Å²) in [6.07, 6.45) is 0.678. The molecular formula is C37H37N7O6. The molecule has 0 saturated carbocycles. The number of aromatic nitrogens is 7. The highest BCUT2D eigenvalue weighted by atomic mass is 16.2. The maximum Gasteiger partial charge on any atom is 0.330 e. The fourth-order valence-electron chi connectivity index (χ4n) is 6.03. The molecule has 0 saturated heterocycles. The van der Waals surface area contributed by atoms with E-state index in [2.05, 4.69) is 25.3 Å². The third kappa shape index (κ3) is 7.26. The van der Waals surface area contributed by atoms with E-state index in [0.29, 0.717) is 35.0 Å². The Morgan fingerprint density at radius 2 is 1.22 bits per heavy atom. The van der Waals surface area contributed by atoms with Crippen LogP contribution in [0.25, 0.3) is 11.0 Å². The van der Waals surface area contributed by atoms with Crippen LogP contribution in [0.5, 0.6) is 0 Å². The molecule has 6 aromatic rings. The number of aromatic amines is 3. The fraction of sp³-hybridized carbons (Fsp3) is 0.243. The minimum Gasteiger partial charge on any atom is -0.304 e. The van der Waals surface area contributed by atoms with Gasteiger partial charge in [0, 0.05) is 22.3 Å². The number of hydrogen-bond donors (Lipinski definition) is 3. The lowest BCUT2D eigenvalue weighted by atomic mass is 9.99. The number of benzene rings is 3. The Bertz CT molecular complexity index is 2480. The minimum absolute atomic E-state index is 0.0466. The Kier molecular flexibility index (Phi) is 10.2. The van der Waals surface area contributed by atoms with E-state index in [4.69, 9.17) is 0 Å². The highest BCUT2D eigenvalue weighted by molar-refractivity contribution is 6.09. The van der Waals surface area contributed by atoms with Crippen LogP contribution in [-0.2, 0) is 19.5 Å². The molecule has 13 heteroatoms. The van der Waals surface area contributed by atoms with Gasteiger partial charge in [0.2, 0.25) is 11.6 Å². The van der Waals surface area contributed by atoms with E-state index >= 15 is 0 Å². The van der Waals surface area contributed by atoms with E-state index in [1.54, 1.807) is 38.1 Å². The van der Waals surface area contributed by atoms with Crippen LogP contribution in [-0.4, -0.2) is 46.1 Å².